The summed E-state index contributed by atoms with van der Waals surface area (Å²) >= 11 is 8.47. The molecule has 7 nitrogen and oxygen atoms in total. The van der Waals surface area contributed by atoms with E-state index in [2.05, 4.69) is 19.7 Å². The summed E-state index contributed by atoms with van der Waals surface area (Å²) in [6.07, 6.45) is 0. The maximum absolute atomic E-state index is 12.4. The molecule has 0 aliphatic rings. The SMILES string of the molecule is CCSc1nnc(NS(=O)(=O)c2ccc(Cl)c(C(=O)OC)c2)s1. The van der Waals surface area contributed by atoms with Crippen LogP contribution in [0.15, 0.2) is 27.4 Å². The van der Waals surface area contributed by atoms with E-state index in [9.17, 15) is 13.2 Å². The summed E-state index contributed by atoms with van der Waals surface area (Å²) < 4.78 is 32.3. The minimum absolute atomic E-state index is 0.0310. The van der Waals surface area contributed by atoms with E-state index in [0.717, 1.165) is 23.2 Å². The van der Waals surface area contributed by atoms with Crippen LogP contribution in [0.1, 0.15) is 17.3 Å². The van der Waals surface area contributed by atoms with Crippen molar-refractivity contribution in [3.63, 3.8) is 0 Å². The number of halogens is 1. The van der Waals surface area contributed by atoms with Crippen LogP contribution in [0.25, 0.3) is 0 Å². The average Bonchev–Trinajstić information content (AvgIpc) is 2.93. The summed E-state index contributed by atoms with van der Waals surface area (Å²) in [5.74, 6) is 0.0886. The van der Waals surface area contributed by atoms with Gasteiger partial charge in [0.25, 0.3) is 10.0 Å². The van der Waals surface area contributed by atoms with Gasteiger partial charge in [-0.05, 0) is 24.0 Å². The van der Waals surface area contributed by atoms with Crippen LogP contribution in [0.5, 0.6) is 0 Å². The minimum Gasteiger partial charge on any atom is -0.465 e. The highest BCUT2D eigenvalue weighted by Crippen LogP contribution is 2.28. The Kier molecular flexibility index (Phi) is 5.84. The highest BCUT2D eigenvalue weighted by Gasteiger charge is 2.20. The number of methoxy groups -OCH3 is 1. The quantitative estimate of drug-likeness (QED) is 0.595. The van der Waals surface area contributed by atoms with E-state index in [1.54, 1.807) is 0 Å². The lowest BCUT2D eigenvalue weighted by atomic mass is 10.2. The Balaban J connectivity index is 2.30. The first-order valence-corrected chi connectivity index (χ1v) is 9.90. The summed E-state index contributed by atoms with van der Waals surface area (Å²) in [6.45, 7) is 1.96. The van der Waals surface area contributed by atoms with Gasteiger partial charge in [-0.2, -0.15) is 0 Å². The Morgan fingerprint density at radius 1 is 1.43 bits per heavy atom. The fraction of sp³-hybridized carbons (Fsp3) is 0.250. The number of benzene rings is 1. The molecule has 1 N–H and O–H groups in total. The summed E-state index contributed by atoms with van der Waals surface area (Å²) in [7, 11) is -2.73. The monoisotopic (exact) mass is 393 g/mol. The second-order valence-electron chi connectivity index (χ2n) is 4.04. The first kappa shape index (κ1) is 18.0. The van der Waals surface area contributed by atoms with Gasteiger partial charge in [0.05, 0.1) is 22.6 Å². The van der Waals surface area contributed by atoms with E-state index in [4.69, 9.17) is 11.6 Å². The molecule has 0 saturated heterocycles. The number of ether oxygens (including phenoxy) is 1. The number of carbonyl (C=O) groups is 1. The molecule has 1 aromatic carbocycles. The molecule has 0 spiro atoms. The van der Waals surface area contributed by atoms with Gasteiger partial charge in [-0.15, -0.1) is 10.2 Å². The van der Waals surface area contributed by atoms with E-state index in [1.165, 1.54) is 31.0 Å². The summed E-state index contributed by atoms with van der Waals surface area (Å²) in [5, 5.41) is 7.90. The van der Waals surface area contributed by atoms with Crippen LogP contribution in [0.2, 0.25) is 5.02 Å². The third kappa shape index (κ3) is 4.34. The zero-order chi connectivity index (χ0) is 17.0. The van der Waals surface area contributed by atoms with Gasteiger partial charge in [-0.1, -0.05) is 41.6 Å². The van der Waals surface area contributed by atoms with Crippen molar-refractivity contribution >= 4 is 55.8 Å². The number of thioether (sulfide) groups is 1. The lowest BCUT2D eigenvalue weighted by molar-refractivity contribution is 0.0600. The zero-order valence-electron chi connectivity index (χ0n) is 12.1. The molecule has 0 saturated carbocycles. The van der Waals surface area contributed by atoms with Crippen molar-refractivity contribution in [1.82, 2.24) is 10.2 Å². The summed E-state index contributed by atoms with van der Waals surface area (Å²) in [4.78, 5) is 11.5. The van der Waals surface area contributed by atoms with E-state index < -0.39 is 16.0 Å². The number of hydrogen-bond acceptors (Lipinski definition) is 8. The smallest absolute Gasteiger partial charge is 0.339 e. The van der Waals surface area contributed by atoms with Crippen molar-refractivity contribution in [2.45, 2.75) is 16.2 Å². The second-order valence-corrected chi connectivity index (χ2v) is 8.62. The first-order chi connectivity index (χ1) is 10.9. The number of sulfonamides is 1. The van der Waals surface area contributed by atoms with E-state index in [1.807, 2.05) is 6.92 Å². The van der Waals surface area contributed by atoms with Gasteiger partial charge in [-0.25, -0.2) is 13.2 Å². The molecule has 0 aliphatic carbocycles. The number of esters is 1. The summed E-state index contributed by atoms with van der Waals surface area (Å²) in [6, 6.07) is 3.76. The van der Waals surface area contributed by atoms with Crippen LogP contribution < -0.4 is 4.72 Å². The van der Waals surface area contributed by atoms with Crippen LogP contribution >= 0.6 is 34.7 Å². The van der Waals surface area contributed by atoms with Crippen LogP contribution in [0, 0.1) is 0 Å². The van der Waals surface area contributed by atoms with Gasteiger partial charge in [0.1, 0.15) is 0 Å². The molecule has 1 heterocycles. The molecule has 0 radical (unpaired) electrons. The average molecular weight is 394 g/mol. The van der Waals surface area contributed by atoms with Crippen molar-refractivity contribution in [3.8, 4) is 0 Å². The lowest BCUT2D eigenvalue weighted by Gasteiger charge is -2.07. The van der Waals surface area contributed by atoms with E-state index in [-0.39, 0.29) is 20.6 Å². The fourth-order valence-electron chi connectivity index (χ4n) is 1.54. The Morgan fingerprint density at radius 3 is 2.83 bits per heavy atom. The van der Waals surface area contributed by atoms with Gasteiger partial charge in [0.15, 0.2) is 4.34 Å². The summed E-state index contributed by atoms with van der Waals surface area (Å²) in [5.41, 5.74) is -0.0310. The lowest BCUT2D eigenvalue weighted by Crippen LogP contribution is -2.14. The predicted octanol–water partition coefficient (Wildman–Crippen LogP) is 2.89. The van der Waals surface area contributed by atoms with E-state index >= 15 is 0 Å². The first-order valence-electron chi connectivity index (χ1n) is 6.24. The number of aromatic nitrogens is 2. The van der Waals surface area contributed by atoms with Gasteiger partial charge in [0.2, 0.25) is 5.13 Å². The molecule has 23 heavy (non-hydrogen) atoms. The van der Waals surface area contributed by atoms with Crippen molar-refractivity contribution in [3.05, 3.63) is 28.8 Å². The van der Waals surface area contributed by atoms with Gasteiger partial charge in [-0.3, -0.25) is 4.72 Å². The van der Waals surface area contributed by atoms with Gasteiger partial charge >= 0.3 is 5.97 Å². The molecule has 0 atom stereocenters. The molecular formula is C12H12ClN3O4S3. The molecule has 0 fully saturated rings. The van der Waals surface area contributed by atoms with Crippen molar-refractivity contribution in [1.29, 1.82) is 0 Å². The maximum atomic E-state index is 12.4. The standard InChI is InChI=1S/C12H12ClN3O4S3/c1-3-21-12-15-14-11(22-12)16-23(18,19)7-4-5-9(13)8(6-7)10(17)20-2/h4-6H,3H2,1-2H3,(H,14,16). The van der Waals surface area contributed by atoms with Gasteiger partial charge in [0, 0.05) is 0 Å². The van der Waals surface area contributed by atoms with Crippen LogP contribution in [0.4, 0.5) is 5.13 Å². The molecular weight excluding hydrogens is 382 g/mol. The van der Waals surface area contributed by atoms with Crippen molar-refractivity contribution in [2.75, 3.05) is 17.6 Å². The number of rotatable bonds is 6. The third-order valence-electron chi connectivity index (χ3n) is 2.55. The van der Waals surface area contributed by atoms with Crippen molar-refractivity contribution < 1.29 is 17.9 Å². The normalized spacial score (nSPS) is 11.3. The largest absolute Gasteiger partial charge is 0.465 e. The molecule has 1 aromatic heterocycles. The Morgan fingerprint density at radius 2 is 2.17 bits per heavy atom. The Labute approximate surface area is 146 Å². The number of nitrogens with one attached hydrogen (secondary N) is 1. The van der Waals surface area contributed by atoms with E-state index in [0.29, 0.717) is 4.34 Å². The number of nitrogens with zero attached hydrogens (tertiary/aromatic N) is 2. The Bertz CT molecular complexity index is 823. The molecule has 124 valence electrons. The highest BCUT2D eigenvalue weighted by molar-refractivity contribution is 8.01. The van der Waals surface area contributed by atoms with Crippen LogP contribution in [-0.2, 0) is 14.8 Å². The second kappa shape index (κ2) is 7.47. The minimum atomic E-state index is -3.91. The van der Waals surface area contributed by atoms with Gasteiger partial charge < -0.3 is 4.74 Å². The zero-order valence-corrected chi connectivity index (χ0v) is 15.3. The Hall–Kier alpha value is -1.36. The molecule has 0 amide bonds. The topological polar surface area (TPSA) is 98.3 Å². The molecule has 0 bridgehead atoms. The third-order valence-corrected chi connectivity index (χ3v) is 6.20. The highest BCUT2D eigenvalue weighted by atomic mass is 35.5. The number of carbonyl (C=O) groups excluding carboxylic acids is 1. The number of hydrogen-bond donors (Lipinski definition) is 1. The molecule has 2 rings (SSSR count). The fourth-order valence-corrected chi connectivity index (χ4v) is 4.64. The van der Waals surface area contributed by atoms with Crippen LogP contribution in [0.3, 0.4) is 0 Å². The number of anilines is 1. The van der Waals surface area contributed by atoms with Crippen LogP contribution in [-0.4, -0.2) is 37.4 Å². The van der Waals surface area contributed by atoms with Crippen molar-refractivity contribution in [2.24, 2.45) is 0 Å². The maximum Gasteiger partial charge on any atom is 0.339 e. The molecule has 0 aliphatic heterocycles. The molecule has 0 unspecified atom stereocenters. The molecule has 11 heteroatoms. The predicted molar refractivity (Wildman–Crippen MR) is 89.9 cm³/mol. The molecule has 2 aromatic rings.